The molecular formula is C9H12BrNO2. The summed E-state index contributed by atoms with van der Waals surface area (Å²) in [6.07, 6.45) is 0.617. The minimum atomic E-state index is 0.133. The Hall–Kier alpha value is -0.740. The Bertz CT molecular complexity index is 278. The lowest BCUT2D eigenvalue weighted by Crippen LogP contribution is -2.01. The Kier molecular flexibility index (Phi) is 4.05. The molecule has 0 saturated carbocycles. The number of aliphatic hydroxyl groups excluding tert-OH is 1. The van der Waals surface area contributed by atoms with Gasteiger partial charge in [0.25, 0.3) is 0 Å². The normalized spacial score (nSPS) is 10.0. The van der Waals surface area contributed by atoms with Crippen molar-refractivity contribution in [2.75, 3.05) is 18.9 Å². The van der Waals surface area contributed by atoms with Gasteiger partial charge in [-0.25, -0.2) is 0 Å². The second-order valence-electron chi connectivity index (χ2n) is 2.61. The van der Waals surface area contributed by atoms with Crippen LogP contribution in [0.3, 0.4) is 0 Å². The smallest absolute Gasteiger partial charge is 0.143 e. The van der Waals surface area contributed by atoms with E-state index >= 15 is 0 Å². The Morgan fingerprint density at radius 2 is 2.23 bits per heavy atom. The van der Waals surface area contributed by atoms with Gasteiger partial charge >= 0.3 is 0 Å². The number of ether oxygens (including phenoxy) is 1. The molecule has 0 radical (unpaired) electrons. The summed E-state index contributed by atoms with van der Waals surface area (Å²) in [5, 5.41) is 8.55. The van der Waals surface area contributed by atoms with Crippen molar-refractivity contribution in [1.82, 2.24) is 0 Å². The molecule has 0 saturated heterocycles. The highest BCUT2D eigenvalue weighted by Gasteiger charge is 2.00. The van der Waals surface area contributed by atoms with Gasteiger partial charge in [-0.3, -0.25) is 0 Å². The van der Waals surface area contributed by atoms with Crippen molar-refractivity contribution in [2.24, 2.45) is 0 Å². The lowest BCUT2D eigenvalue weighted by molar-refractivity contribution is 0.234. The van der Waals surface area contributed by atoms with Crippen molar-refractivity contribution in [3.05, 3.63) is 22.7 Å². The largest absolute Gasteiger partial charge is 0.491 e. The second-order valence-corrected chi connectivity index (χ2v) is 3.52. The number of benzene rings is 1. The van der Waals surface area contributed by atoms with Crippen LogP contribution < -0.4 is 10.5 Å². The average molecular weight is 246 g/mol. The molecule has 13 heavy (non-hydrogen) atoms. The van der Waals surface area contributed by atoms with Crippen LogP contribution in [0, 0.1) is 0 Å². The minimum absolute atomic E-state index is 0.133. The summed E-state index contributed by atoms with van der Waals surface area (Å²) >= 11 is 3.32. The molecule has 72 valence electrons. The summed E-state index contributed by atoms with van der Waals surface area (Å²) in [7, 11) is 0. The fourth-order valence-electron chi connectivity index (χ4n) is 0.880. The number of anilines is 1. The van der Waals surface area contributed by atoms with Gasteiger partial charge in [-0.15, -0.1) is 0 Å². The summed E-state index contributed by atoms with van der Waals surface area (Å²) < 4.78 is 6.27. The molecule has 0 atom stereocenters. The van der Waals surface area contributed by atoms with Gasteiger partial charge in [0.2, 0.25) is 0 Å². The number of rotatable bonds is 4. The molecule has 4 heteroatoms. The van der Waals surface area contributed by atoms with Gasteiger partial charge in [0, 0.05) is 17.5 Å². The van der Waals surface area contributed by atoms with Gasteiger partial charge < -0.3 is 15.6 Å². The number of hydrogen-bond donors (Lipinski definition) is 2. The van der Waals surface area contributed by atoms with E-state index in [1.165, 1.54) is 0 Å². The van der Waals surface area contributed by atoms with Gasteiger partial charge in [-0.2, -0.15) is 0 Å². The van der Waals surface area contributed by atoms with E-state index in [1.54, 1.807) is 6.07 Å². The van der Waals surface area contributed by atoms with Gasteiger partial charge in [0.1, 0.15) is 5.75 Å². The third-order valence-corrected chi connectivity index (χ3v) is 2.03. The maximum Gasteiger partial charge on any atom is 0.143 e. The molecule has 1 rings (SSSR count). The van der Waals surface area contributed by atoms with E-state index in [9.17, 15) is 0 Å². The lowest BCUT2D eigenvalue weighted by Gasteiger charge is -2.07. The first-order valence-corrected chi connectivity index (χ1v) is 4.82. The van der Waals surface area contributed by atoms with Crippen LogP contribution in [0.25, 0.3) is 0 Å². The number of nitrogen functional groups attached to an aromatic ring is 1. The number of hydrogen-bond acceptors (Lipinski definition) is 3. The predicted molar refractivity (Wildman–Crippen MR) is 55.8 cm³/mol. The first-order chi connectivity index (χ1) is 6.24. The molecule has 3 nitrogen and oxygen atoms in total. The van der Waals surface area contributed by atoms with E-state index in [0.717, 1.165) is 4.47 Å². The summed E-state index contributed by atoms with van der Waals surface area (Å²) in [5.41, 5.74) is 6.28. The maximum atomic E-state index is 8.55. The van der Waals surface area contributed by atoms with E-state index in [-0.39, 0.29) is 6.61 Å². The zero-order valence-corrected chi connectivity index (χ0v) is 8.75. The van der Waals surface area contributed by atoms with Crippen LogP contribution in [-0.2, 0) is 0 Å². The highest BCUT2D eigenvalue weighted by molar-refractivity contribution is 9.10. The first kappa shape index (κ1) is 10.3. The van der Waals surface area contributed by atoms with Crippen LogP contribution in [0.5, 0.6) is 5.75 Å². The molecule has 0 aliphatic heterocycles. The zero-order chi connectivity index (χ0) is 9.68. The molecule has 1 aromatic carbocycles. The Morgan fingerprint density at radius 1 is 1.46 bits per heavy atom. The molecule has 3 N–H and O–H groups in total. The first-order valence-electron chi connectivity index (χ1n) is 4.02. The number of aliphatic hydroxyl groups is 1. The van der Waals surface area contributed by atoms with E-state index in [0.29, 0.717) is 24.5 Å². The third-order valence-electron chi connectivity index (χ3n) is 1.54. The number of halogens is 1. The minimum Gasteiger partial charge on any atom is -0.491 e. The van der Waals surface area contributed by atoms with Crippen LogP contribution in [0.15, 0.2) is 22.7 Å². The summed E-state index contributed by atoms with van der Waals surface area (Å²) in [6, 6.07) is 5.44. The van der Waals surface area contributed by atoms with Crippen LogP contribution in [0.1, 0.15) is 6.42 Å². The fraction of sp³-hybridized carbons (Fsp3) is 0.333. The molecule has 0 amide bonds. The SMILES string of the molecule is Nc1ccc(Br)cc1OCCCO. The number of nitrogens with two attached hydrogens (primary N) is 1. The molecule has 0 heterocycles. The van der Waals surface area contributed by atoms with Crippen LogP contribution >= 0.6 is 15.9 Å². The van der Waals surface area contributed by atoms with E-state index in [2.05, 4.69) is 15.9 Å². The van der Waals surface area contributed by atoms with E-state index in [4.69, 9.17) is 15.6 Å². The van der Waals surface area contributed by atoms with Crippen LogP contribution in [0.4, 0.5) is 5.69 Å². The topological polar surface area (TPSA) is 55.5 Å². The zero-order valence-electron chi connectivity index (χ0n) is 7.16. The van der Waals surface area contributed by atoms with E-state index < -0.39 is 0 Å². The van der Waals surface area contributed by atoms with E-state index in [1.807, 2.05) is 12.1 Å². The van der Waals surface area contributed by atoms with Crippen molar-refractivity contribution < 1.29 is 9.84 Å². The highest BCUT2D eigenvalue weighted by atomic mass is 79.9. The average Bonchev–Trinajstić information content (AvgIpc) is 2.11. The molecule has 0 unspecified atom stereocenters. The lowest BCUT2D eigenvalue weighted by atomic mass is 10.3. The van der Waals surface area contributed by atoms with Crippen LogP contribution in [-0.4, -0.2) is 18.3 Å². The van der Waals surface area contributed by atoms with Gasteiger partial charge in [0.05, 0.1) is 12.3 Å². The molecule has 1 aromatic rings. The summed E-state index contributed by atoms with van der Waals surface area (Å²) in [4.78, 5) is 0. The van der Waals surface area contributed by atoms with Crippen molar-refractivity contribution >= 4 is 21.6 Å². The Labute approximate surface area is 85.6 Å². The van der Waals surface area contributed by atoms with Gasteiger partial charge in [0.15, 0.2) is 0 Å². The molecule has 0 aliphatic rings. The monoisotopic (exact) mass is 245 g/mol. The standard InChI is InChI=1S/C9H12BrNO2/c10-7-2-3-8(11)9(6-7)13-5-1-4-12/h2-3,6,12H,1,4-5,11H2. The van der Waals surface area contributed by atoms with Crippen molar-refractivity contribution in [1.29, 1.82) is 0 Å². The molecular weight excluding hydrogens is 234 g/mol. The molecule has 0 aromatic heterocycles. The van der Waals surface area contributed by atoms with Gasteiger partial charge in [-0.05, 0) is 18.2 Å². The van der Waals surface area contributed by atoms with Gasteiger partial charge in [-0.1, -0.05) is 15.9 Å². The molecule has 0 aliphatic carbocycles. The van der Waals surface area contributed by atoms with Crippen molar-refractivity contribution in [2.45, 2.75) is 6.42 Å². The molecule has 0 bridgehead atoms. The Balaban J connectivity index is 2.59. The van der Waals surface area contributed by atoms with Crippen molar-refractivity contribution in [3.8, 4) is 5.75 Å². The maximum absolute atomic E-state index is 8.55. The van der Waals surface area contributed by atoms with Crippen LogP contribution in [0.2, 0.25) is 0 Å². The summed E-state index contributed by atoms with van der Waals surface area (Å²) in [5.74, 6) is 0.655. The third kappa shape index (κ3) is 3.24. The highest BCUT2D eigenvalue weighted by Crippen LogP contribution is 2.25. The quantitative estimate of drug-likeness (QED) is 0.629. The molecule has 0 fully saturated rings. The molecule has 0 spiro atoms. The summed E-state index contributed by atoms with van der Waals surface area (Å²) in [6.45, 7) is 0.616. The Morgan fingerprint density at radius 3 is 2.92 bits per heavy atom. The van der Waals surface area contributed by atoms with Crippen molar-refractivity contribution in [3.63, 3.8) is 0 Å². The fourth-order valence-corrected chi connectivity index (χ4v) is 1.22. The predicted octanol–water partition coefficient (Wildman–Crippen LogP) is 1.79. The second kappa shape index (κ2) is 5.09.